The van der Waals surface area contributed by atoms with Crippen molar-refractivity contribution in [2.24, 2.45) is 17.8 Å². The van der Waals surface area contributed by atoms with Crippen LogP contribution in [0.3, 0.4) is 0 Å². The second-order valence-electron chi connectivity index (χ2n) is 11.6. The number of aryl methyl sites for hydroxylation is 1. The number of carbonyl (C=O) groups excluding carboxylic acids is 2. The number of nitrogens with one attached hydrogen (secondary N) is 1. The second-order valence-corrected chi connectivity index (χ2v) is 11.6. The van der Waals surface area contributed by atoms with E-state index in [1.54, 1.807) is 6.92 Å². The summed E-state index contributed by atoms with van der Waals surface area (Å²) in [4.78, 5) is 41.9. The Kier molecular flexibility index (Phi) is 26.7. The zero-order chi connectivity index (χ0) is 30.9. The van der Waals surface area contributed by atoms with E-state index in [1.165, 1.54) is 38.5 Å². The molecule has 1 aliphatic heterocycles. The van der Waals surface area contributed by atoms with Crippen LogP contribution in [0.25, 0.3) is 11.0 Å². The van der Waals surface area contributed by atoms with Crippen LogP contribution in [0.1, 0.15) is 91.2 Å². The molecule has 0 bridgehead atoms. The molecule has 12 heteroatoms. The first kappa shape index (κ1) is 46.1. The van der Waals surface area contributed by atoms with Gasteiger partial charge in [0.15, 0.2) is 0 Å². The number of hydrogen-bond acceptors (Lipinski definition) is 8. The Morgan fingerprint density at radius 2 is 1.89 bits per heavy atom. The van der Waals surface area contributed by atoms with Crippen LogP contribution in [0, 0.1) is 17.8 Å². The Bertz CT molecular complexity index is 1140. The van der Waals surface area contributed by atoms with Gasteiger partial charge < -0.3 is 34.9 Å². The maximum Gasteiger partial charge on any atom is 0.270 e. The van der Waals surface area contributed by atoms with Crippen molar-refractivity contribution in [1.82, 2.24) is 19.9 Å². The molecule has 1 saturated heterocycles. The van der Waals surface area contributed by atoms with Gasteiger partial charge in [-0.05, 0) is 69.7 Å². The van der Waals surface area contributed by atoms with Crippen LogP contribution in [0.15, 0.2) is 23.0 Å². The van der Waals surface area contributed by atoms with Crippen molar-refractivity contribution in [1.29, 1.82) is 0 Å². The molecule has 10 nitrogen and oxygen atoms in total. The zero-order valence-corrected chi connectivity index (χ0v) is 32.2. The number of aldehydes is 1. The van der Waals surface area contributed by atoms with Crippen LogP contribution in [0.2, 0.25) is 0 Å². The standard InChI is InChI=1S/C21H30N2O2.C8H14NO.C4H9NO2.H2O.V.Y/c1-3-25-17-12-13-18-20(14-17)23-21(24)19(22-18)11-6-4-5-9-16-10-7-8-15(16)2;1-3-7-4-5-9(2)8(7)6-10;1-2-5(7)3-4-6;;;/h12-16H,3-11H2,1-2H3,(H,23,24);7-8H,3-5H2,1-2H3;4,7H,2-3H2,1H3;1H2;;/q;-1;;;;. The monoisotopic (exact) mass is 743 g/mol. The second kappa shape index (κ2) is 26.0. The van der Waals surface area contributed by atoms with E-state index in [0.717, 1.165) is 65.9 Å². The Balaban J connectivity index is 0. The Hall–Kier alpha value is -0.972. The summed E-state index contributed by atoms with van der Waals surface area (Å²) < 4.78 is 5.48. The number of aromatic nitrogens is 2. The van der Waals surface area contributed by atoms with E-state index in [2.05, 4.69) is 35.0 Å². The van der Waals surface area contributed by atoms with Gasteiger partial charge in [-0.2, -0.15) is 5.06 Å². The first-order valence-electron chi connectivity index (χ1n) is 15.9. The van der Waals surface area contributed by atoms with Gasteiger partial charge in [0.05, 0.1) is 24.2 Å². The van der Waals surface area contributed by atoms with Crippen LogP contribution >= 0.6 is 0 Å². The summed E-state index contributed by atoms with van der Waals surface area (Å²) in [5.74, 6) is 3.16. The van der Waals surface area contributed by atoms with Crippen molar-refractivity contribution in [3.8, 4) is 5.75 Å². The van der Waals surface area contributed by atoms with Gasteiger partial charge >= 0.3 is 0 Å². The average Bonchev–Trinajstić information content (AvgIpc) is 3.57. The average molecular weight is 744 g/mol. The van der Waals surface area contributed by atoms with Crippen molar-refractivity contribution < 1.29 is 76.3 Å². The molecule has 2 fully saturated rings. The number of rotatable bonds is 13. The number of carbonyl (C=O) groups is 1. The van der Waals surface area contributed by atoms with Gasteiger partial charge in [-0.1, -0.05) is 71.8 Å². The summed E-state index contributed by atoms with van der Waals surface area (Å²) in [5.41, 5.74) is 2.17. The first-order valence-corrected chi connectivity index (χ1v) is 15.9. The van der Waals surface area contributed by atoms with E-state index < -0.39 is 0 Å². The summed E-state index contributed by atoms with van der Waals surface area (Å²) >= 11 is 0. The SMILES string of the molecule is CCC1CCN(C)C1[C-]=O.CCN(O)CC=O.CCOc1ccc2nc(CCCCCC3CCCC3C)c(=O)[nH]c2c1.O.[V].[Y]. The molecule has 2 heterocycles. The third kappa shape index (κ3) is 16.1. The van der Waals surface area contributed by atoms with Crippen LogP contribution in [-0.2, 0) is 67.3 Å². The van der Waals surface area contributed by atoms with E-state index in [-0.39, 0.29) is 74.9 Å². The van der Waals surface area contributed by atoms with Gasteiger partial charge in [0, 0.05) is 63.9 Å². The first-order chi connectivity index (χ1) is 20.3. The topological polar surface area (TPSA) is 147 Å². The van der Waals surface area contributed by atoms with Crippen LogP contribution in [0.4, 0.5) is 0 Å². The number of hydroxylamine groups is 2. The van der Waals surface area contributed by atoms with Crippen molar-refractivity contribution in [3.63, 3.8) is 0 Å². The predicted molar refractivity (Wildman–Crippen MR) is 171 cm³/mol. The van der Waals surface area contributed by atoms with Gasteiger partial charge in [0.25, 0.3) is 5.56 Å². The van der Waals surface area contributed by atoms with Crippen LogP contribution in [0.5, 0.6) is 5.75 Å². The molecule has 2 aliphatic rings. The van der Waals surface area contributed by atoms with Crippen LogP contribution in [-0.4, -0.2) is 82.5 Å². The van der Waals surface area contributed by atoms with E-state index in [4.69, 9.17) is 9.94 Å². The van der Waals surface area contributed by atoms with Gasteiger partial charge in [-0.25, -0.2) is 11.3 Å². The summed E-state index contributed by atoms with van der Waals surface area (Å²) in [7, 11) is 1.99. The molecule has 45 heavy (non-hydrogen) atoms. The van der Waals surface area contributed by atoms with Crippen molar-refractivity contribution in [2.75, 3.05) is 33.3 Å². The fourth-order valence-corrected chi connectivity index (χ4v) is 5.91. The molecule has 2 aromatic rings. The molecular formula is C33H55N4O6VY-. The van der Waals surface area contributed by atoms with Gasteiger partial charge in [0.2, 0.25) is 0 Å². The summed E-state index contributed by atoms with van der Waals surface area (Å²) in [5, 5.41) is 9.40. The van der Waals surface area contributed by atoms with E-state index in [1.807, 2.05) is 32.2 Å². The number of ether oxygens (including phenoxy) is 1. The number of aromatic amines is 1. The molecule has 2 radical (unpaired) electrons. The Morgan fingerprint density at radius 1 is 1.16 bits per heavy atom. The van der Waals surface area contributed by atoms with E-state index >= 15 is 0 Å². The molecule has 1 aromatic heterocycles. The van der Waals surface area contributed by atoms with E-state index in [9.17, 15) is 14.4 Å². The maximum atomic E-state index is 12.3. The molecule has 0 amide bonds. The minimum Gasteiger partial charge on any atom is -0.540 e. The fraction of sp³-hybridized carbons (Fsp3) is 0.697. The van der Waals surface area contributed by atoms with Crippen molar-refractivity contribution >= 4 is 23.6 Å². The molecule has 1 aliphatic carbocycles. The molecule has 4 N–H and O–H groups in total. The van der Waals surface area contributed by atoms with Crippen LogP contribution < -0.4 is 10.3 Å². The molecule has 4 rings (SSSR count). The summed E-state index contributed by atoms with van der Waals surface area (Å²) in [6.07, 6.45) is 14.9. The number of unbranched alkanes of at least 4 members (excludes halogenated alkanes) is 2. The maximum absolute atomic E-state index is 12.3. The molecule has 4 atom stereocenters. The third-order valence-corrected chi connectivity index (χ3v) is 8.64. The number of likely N-dealkylation sites (tertiary alicyclic amines) is 1. The van der Waals surface area contributed by atoms with Gasteiger partial charge in [-0.15, -0.1) is 0 Å². The summed E-state index contributed by atoms with van der Waals surface area (Å²) in [6, 6.07) is 5.75. The molecule has 252 valence electrons. The van der Waals surface area contributed by atoms with E-state index in [0.29, 0.717) is 31.0 Å². The number of benzene rings is 1. The van der Waals surface area contributed by atoms with Gasteiger partial charge in [0.1, 0.15) is 17.7 Å². The fourth-order valence-electron chi connectivity index (χ4n) is 5.91. The van der Waals surface area contributed by atoms with Gasteiger partial charge in [-0.3, -0.25) is 4.79 Å². The number of nitrogens with zero attached hydrogens (tertiary/aromatic N) is 3. The number of fused-ring (bicyclic) bond motifs is 1. The predicted octanol–water partition coefficient (Wildman–Crippen LogP) is 4.75. The molecule has 1 aromatic carbocycles. The van der Waals surface area contributed by atoms with Crippen molar-refractivity contribution in [3.05, 3.63) is 34.2 Å². The Morgan fingerprint density at radius 3 is 2.42 bits per heavy atom. The third-order valence-electron chi connectivity index (χ3n) is 8.64. The molecule has 4 unspecified atom stereocenters. The number of H-pyrrole nitrogens is 1. The minimum atomic E-state index is -0.0643. The smallest absolute Gasteiger partial charge is 0.270 e. The largest absolute Gasteiger partial charge is 0.540 e. The molecule has 1 saturated carbocycles. The quantitative estimate of drug-likeness (QED) is 0.129. The Labute approximate surface area is 306 Å². The number of likely N-dealkylation sites (N-methyl/N-ethyl adjacent to an activating group) is 2. The summed E-state index contributed by atoms with van der Waals surface area (Å²) in [6.45, 7) is 10.5. The van der Waals surface area contributed by atoms with Crippen molar-refractivity contribution in [2.45, 2.75) is 97.9 Å². The molecular weight excluding hydrogens is 688 g/mol. The normalized spacial score (nSPS) is 20.4. The number of hydrogen-bond donors (Lipinski definition) is 2. The molecule has 0 spiro atoms. The zero-order valence-electron chi connectivity index (χ0n) is 28.0. The minimum absolute atomic E-state index is 0.